The molecule has 0 fully saturated rings. The number of hydrogen-bond donors (Lipinski definition) is 3. The van der Waals surface area contributed by atoms with Crippen LogP contribution >= 0.6 is 12.2 Å². The Kier molecular flexibility index (Phi) is 5.26. The molecule has 2 aromatic rings. The number of hydrogen-bond acceptors (Lipinski definition) is 2. The molecule has 122 valence electrons. The maximum absolute atomic E-state index is 10.4. The van der Waals surface area contributed by atoms with Crippen molar-refractivity contribution >= 4 is 17.8 Å². The molecule has 0 bridgehead atoms. The lowest BCUT2D eigenvalue weighted by Gasteiger charge is -2.11. The van der Waals surface area contributed by atoms with Crippen LogP contribution in [0.1, 0.15) is 44.4 Å². The molecule has 0 amide bonds. The molecule has 0 aliphatic carbocycles. The molecular formula is C19H24N2OS. The predicted molar refractivity (Wildman–Crippen MR) is 100 cm³/mol. The number of benzene rings is 1. The van der Waals surface area contributed by atoms with Crippen molar-refractivity contribution in [1.82, 2.24) is 10.2 Å². The summed E-state index contributed by atoms with van der Waals surface area (Å²) in [7, 11) is 0. The Balaban J connectivity index is 2.73. The third-order valence-electron chi connectivity index (χ3n) is 4.27. The summed E-state index contributed by atoms with van der Waals surface area (Å²) in [6.45, 7) is 10.2. The molecule has 1 aromatic heterocycles. The summed E-state index contributed by atoms with van der Waals surface area (Å²) in [4.78, 5) is 0. The van der Waals surface area contributed by atoms with Crippen LogP contribution in [0, 0.1) is 11.6 Å². The number of rotatable bonds is 4. The molecule has 1 aromatic carbocycles. The number of H-pyrrole nitrogens is 2. The quantitative estimate of drug-likeness (QED) is 0.499. The summed E-state index contributed by atoms with van der Waals surface area (Å²) in [5.74, 6) is 0.266. The second-order valence-electron chi connectivity index (χ2n) is 5.79. The summed E-state index contributed by atoms with van der Waals surface area (Å²) in [5, 5.41) is 16.6. The van der Waals surface area contributed by atoms with Gasteiger partial charge in [-0.15, -0.1) is 0 Å². The zero-order valence-electron chi connectivity index (χ0n) is 14.4. The molecule has 23 heavy (non-hydrogen) atoms. The maximum Gasteiger partial charge on any atom is 0.127 e. The van der Waals surface area contributed by atoms with Gasteiger partial charge in [0, 0.05) is 11.1 Å². The Labute approximate surface area is 142 Å². The number of allylic oxidation sites excluding steroid dienone is 4. The van der Waals surface area contributed by atoms with Crippen LogP contribution in [0.5, 0.6) is 5.75 Å². The van der Waals surface area contributed by atoms with E-state index in [1.54, 1.807) is 0 Å². The number of aromatic amines is 2. The fraction of sp³-hybridized carbons (Fsp3) is 0.316. The lowest BCUT2D eigenvalue weighted by atomic mass is 9.95. The Morgan fingerprint density at radius 2 is 1.96 bits per heavy atom. The van der Waals surface area contributed by atoms with E-state index in [1.807, 2.05) is 32.1 Å². The van der Waals surface area contributed by atoms with Crippen molar-refractivity contribution < 1.29 is 5.11 Å². The van der Waals surface area contributed by atoms with E-state index < -0.39 is 0 Å². The third-order valence-corrected chi connectivity index (χ3v) is 4.57. The minimum absolute atomic E-state index is 0.266. The highest BCUT2D eigenvalue weighted by Gasteiger charge is 2.17. The van der Waals surface area contributed by atoms with Gasteiger partial charge in [0.25, 0.3) is 0 Å². The van der Waals surface area contributed by atoms with E-state index in [2.05, 4.69) is 37.0 Å². The van der Waals surface area contributed by atoms with Gasteiger partial charge < -0.3 is 5.11 Å². The van der Waals surface area contributed by atoms with Crippen molar-refractivity contribution in [3.8, 4) is 17.0 Å². The predicted octanol–water partition coefficient (Wildman–Crippen LogP) is 5.69. The van der Waals surface area contributed by atoms with Gasteiger partial charge in [0.05, 0.1) is 5.69 Å². The largest absolute Gasteiger partial charge is 0.507 e. The first kappa shape index (κ1) is 17.3. The molecule has 0 saturated heterocycles. The van der Waals surface area contributed by atoms with E-state index in [1.165, 1.54) is 5.56 Å². The van der Waals surface area contributed by atoms with Crippen LogP contribution in [-0.2, 0) is 6.42 Å². The number of aromatic hydroxyl groups is 1. The van der Waals surface area contributed by atoms with E-state index in [-0.39, 0.29) is 5.75 Å². The number of aromatic nitrogens is 2. The fourth-order valence-electron chi connectivity index (χ4n) is 2.81. The molecule has 0 radical (unpaired) electrons. The molecular weight excluding hydrogens is 304 g/mol. The normalized spacial score (nSPS) is 12.7. The van der Waals surface area contributed by atoms with Gasteiger partial charge in [0.2, 0.25) is 0 Å². The molecule has 0 spiro atoms. The average molecular weight is 328 g/mol. The molecule has 0 saturated carbocycles. The average Bonchev–Trinajstić information content (AvgIpc) is 2.88. The van der Waals surface area contributed by atoms with Crippen molar-refractivity contribution in [3.05, 3.63) is 51.2 Å². The number of phenolic OH excluding ortho intramolecular Hbond substituents is 1. The standard InChI is InChI=1S/C19H24N2OS/c1-6-8-11(3)13(5)17-18(20-21-19(17)23)15-10-14(7-2)12(4)9-16(15)22/h6,8-10,22H,7H2,1-5H3,(H2,20,21,23)/b8-6-,13-11+. The monoisotopic (exact) mass is 328 g/mol. The van der Waals surface area contributed by atoms with Crippen molar-refractivity contribution in [2.75, 3.05) is 0 Å². The SMILES string of the molecule is C/C=C\C(C)=C(/C)c1c(-c2cc(CC)c(C)cc2O)[nH][nH]c1=S. The maximum atomic E-state index is 10.4. The van der Waals surface area contributed by atoms with Gasteiger partial charge in [0.15, 0.2) is 0 Å². The Morgan fingerprint density at radius 1 is 1.26 bits per heavy atom. The molecule has 1 heterocycles. The summed E-state index contributed by atoms with van der Waals surface area (Å²) in [6, 6.07) is 3.86. The molecule has 3 nitrogen and oxygen atoms in total. The zero-order valence-corrected chi connectivity index (χ0v) is 15.2. The molecule has 4 heteroatoms. The minimum Gasteiger partial charge on any atom is -0.507 e. The first-order valence-corrected chi connectivity index (χ1v) is 8.25. The van der Waals surface area contributed by atoms with Crippen LogP contribution < -0.4 is 0 Å². The van der Waals surface area contributed by atoms with Crippen molar-refractivity contribution in [2.45, 2.75) is 41.0 Å². The van der Waals surface area contributed by atoms with Crippen molar-refractivity contribution in [3.63, 3.8) is 0 Å². The lowest BCUT2D eigenvalue weighted by Crippen LogP contribution is -1.92. The minimum atomic E-state index is 0.266. The second kappa shape index (κ2) is 7.01. The van der Waals surface area contributed by atoms with Gasteiger partial charge in [-0.1, -0.05) is 31.3 Å². The summed E-state index contributed by atoms with van der Waals surface area (Å²) in [5.41, 5.74) is 7.12. The smallest absolute Gasteiger partial charge is 0.127 e. The number of phenols is 1. The highest BCUT2D eigenvalue weighted by molar-refractivity contribution is 7.71. The lowest BCUT2D eigenvalue weighted by molar-refractivity contribution is 0.476. The summed E-state index contributed by atoms with van der Waals surface area (Å²) < 4.78 is 0.652. The van der Waals surface area contributed by atoms with Gasteiger partial charge in [-0.3, -0.25) is 10.2 Å². The first-order valence-electron chi connectivity index (χ1n) is 7.84. The van der Waals surface area contributed by atoms with Crippen LogP contribution in [0.3, 0.4) is 0 Å². The van der Waals surface area contributed by atoms with Crippen LogP contribution in [0.2, 0.25) is 0 Å². The molecule has 0 atom stereocenters. The van der Waals surface area contributed by atoms with Crippen LogP contribution in [0.4, 0.5) is 0 Å². The second-order valence-corrected chi connectivity index (χ2v) is 6.19. The first-order chi connectivity index (χ1) is 10.9. The van der Waals surface area contributed by atoms with Gasteiger partial charge in [0.1, 0.15) is 10.4 Å². The van der Waals surface area contributed by atoms with E-state index in [9.17, 15) is 5.11 Å². The zero-order chi connectivity index (χ0) is 17.1. The van der Waals surface area contributed by atoms with Gasteiger partial charge in [-0.2, -0.15) is 0 Å². The summed E-state index contributed by atoms with van der Waals surface area (Å²) in [6.07, 6.45) is 5.00. The fourth-order valence-corrected chi connectivity index (χ4v) is 3.11. The van der Waals surface area contributed by atoms with E-state index >= 15 is 0 Å². The Hall–Kier alpha value is -2.07. The van der Waals surface area contributed by atoms with Gasteiger partial charge in [-0.25, -0.2) is 0 Å². The third kappa shape index (κ3) is 3.32. The van der Waals surface area contributed by atoms with Crippen LogP contribution in [-0.4, -0.2) is 15.3 Å². The Bertz CT molecular complexity index is 838. The number of aryl methyl sites for hydroxylation is 2. The van der Waals surface area contributed by atoms with Crippen LogP contribution in [0.25, 0.3) is 16.8 Å². The highest BCUT2D eigenvalue weighted by atomic mass is 32.1. The van der Waals surface area contributed by atoms with Crippen molar-refractivity contribution in [2.24, 2.45) is 0 Å². The van der Waals surface area contributed by atoms with E-state index in [0.29, 0.717) is 4.64 Å². The topological polar surface area (TPSA) is 51.8 Å². The van der Waals surface area contributed by atoms with Crippen LogP contribution in [0.15, 0.2) is 29.9 Å². The molecule has 0 aliphatic rings. The molecule has 2 rings (SSSR count). The van der Waals surface area contributed by atoms with Gasteiger partial charge >= 0.3 is 0 Å². The molecule has 0 aliphatic heterocycles. The van der Waals surface area contributed by atoms with Crippen molar-refractivity contribution in [1.29, 1.82) is 0 Å². The number of nitrogens with one attached hydrogen (secondary N) is 2. The van der Waals surface area contributed by atoms with Gasteiger partial charge in [-0.05, 0) is 68.5 Å². The molecule has 0 unspecified atom stereocenters. The Morgan fingerprint density at radius 3 is 2.57 bits per heavy atom. The molecule has 3 N–H and O–H groups in total. The summed E-state index contributed by atoms with van der Waals surface area (Å²) >= 11 is 5.46. The van der Waals surface area contributed by atoms with E-state index in [0.717, 1.165) is 40.0 Å². The highest BCUT2D eigenvalue weighted by Crippen LogP contribution is 2.36. The van der Waals surface area contributed by atoms with E-state index in [4.69, 9.17) is 12.2 Å².